The van der Waals surface area contributed by atoms with Crippen LogP contribution in [0, 0.1) is 0 Å². The maximum Gasteiger partial charge on any atom is 0.271 e. The number of hydrogen-bond donors (Lipinski definition) is 3. The largest absolute Gasteiger partial charge is 0.508 e. The van der Waals surface area contributed by atoms with Gasteiger partial charge in [0.25, 0.3) is 5.91 Å². The Hall–Kier alpha value is -3.80. The molecule has 0 saturated carbocycles. The highest BCUT2D eigenvalue weighted by Crippen LogP contribution is 2.20. The number of carbonyl (C=O) groups is 1. The molecule has 3 aromatic carbocycles. The molecule has 6 nitrogen and oxygen atoms in total. The molecule has 136 valence electrons. The normalized spacial score (nSPS) is 10.7. The molecule has 0 aliphatic rings. The van der Waals surface area contributed by atoms with E-state index in [4.69, 9.17) is 4.74 Å². The maximum absolute atomic E-state index is 12.1. The second-order valence-corrected chi connectivity index (χ2v) is 5.75. The average Bonchev–Trinajstić information content (AvgIpc) is 2.67. The Morgan fingerprint density at radius 3 is 2.37 bits per heavy atom. The van der Waals surface area contributed by atoms with Gasteiger partial charge in [0.15, 0.2) is 0 Å². The molecule has 0 bridgehead atoms. The third-order valence-electron chi connectivity index (χ3n) is 3.69. The van der Waals surface area contributed by atoms with E-state index in [1.807, 2.05) is 54.6 Å². The number of aromatic hydroxyl groups is 2. The second-order valence-electron chi connectivity index (χ2n) is 5.75. The van der Waals surface area contributed by atoms with Crippen LogP contribution in [0.15, 0.2) is 77.9 Å². The topological polar surface area (TPSA) is 91.2 Å². The van der Waals surface area contributed by atoms with Gasteiger partial charge in [-0.05, 0) is 29.8 Å². The van der Waals surface area contributed by atoms with Crippen molar-refractivity contribution in [3.63, 3.8) is 0 Å². The standard InChI is InChI=1S/C21H18N2O4/c24-18-10-17(11-19(25)12-18)21(26)23-22-13-16-8-4-5-9-20(16)27-14-15-6-2-1-3-7-15/h1-13,24-25H,14H2,(H,23,26)/b22-13+. The van der Waals surface area contributed by atoms with Gasteiger partial charge in [-0.2, -0.15) is 5.10 Å². The van der Waals surface area contributed by atoms with E-state index in [1.165, 1.54) is 18.3 Å². The van der Waals surface area contributed by atoms with Gasteiger partial charge in [-0.15, -0.1) is 0 Å². The van der Waals surface area contributed by atoms with Crippen LogP contribution in [0.25, 0.3) is 0 Å². The van der Waals surface area contributed by atoms with E-state index in [-0.39, 0.29) is 17.1 Å². The van der Waals surface area contributed by atoms with Gasteiger partial charge in [-0.25, -0.2) is 5.43 Å². The van der Waals surface area contributed by atoms with Gasteiger partial charge < -0.3 is 14.9 Å². The Bertz CT molecular complexity index is 935. The summed E-state index contributed by atoms with van der Waals surface area (Å²) in [5.41, 5.74) is 4.20. The Labute approximate surface area is 156 Å². The van der Waals surface area contributed by atoms with E-state index in [9.17, 15) is 15.0 Å². The average molecular weight is 362 g/mol. The molecule has 27 heavy (non-hydrogen) atoms. The van der Waals surface area contributed by atoms with E-state index >= 15 is 0 Å². The first-order valence-corrected chi connectivity index (χ1v) is 8.24. The van der Waals surface area contributed by atoms with Gasteiger partial charge in [-0.1, -0.05) is 42.5 Å². The van der Waals surface area contributed by atoms with Crippen molar-refractivity contribution in [3.05, 3.63) is 89.5 Å². The fourth-order valence-electron chi connectivity index (χ4n) is 2.41. The summed E-state index contributed by atoms with van der Waals surface area (Å²) in [4.78, 5) is 12.1. The summed E-state index contributed by atoms with van der Waals surface area (Å²) < 4.78 is 5.83. The third kappa shape index (κ3) is 5.09. The minimum Gasteiger partial charge on any atom is -0.508 e. The minimum atomic E-state index is -0.555. The van der Waals surface area contributed by atoms with Crippen molar-refractivity contribution < 1.29 is 19.7 Å². The van der Waals surface area contributed by atoms with Gasteiger partial charge in [0.2, 0.25) is 0 Å². The lowest BCUT2D eigenvalue weighted by molar-refractivity contribution is 0.0954. The van der Waals surface area contributed by atoms with Crippen LogP contribution in [-0.4, -0.2) is 22.3 Å². The first kappa shape index (κ1) is 18.0. The maximum atomic E-state index is 12.1. The molecule has 0 fully saturated rings. The summed E-state index contributed by atoms with van der Waals surface area (Å²) in [5.74, 6) is -0.331. The number of nitrogens with one attached hydrogen (secondary N) is 1. The van der Waals surface area contributed by atoms with Crippen LogP contribution in [0.3, 0.4) is 0 Å². The molecule has 3 N–H and O–H groups in total. The molecular weight excluding hydrogens is 344 g/mol. The van der Waals surface area contributed by atoms with Crippen LogP contribution in [0.2, 0.25) is 0 Å². The van der Waals surface area contributed by atoms with Crippen LogP contribution in [-0.2, 0) is 6.61 Å². The number of ether oxygens (including phenoxy) is 1. The molecule has 0 atom stereocenters. The summed E-state index contributed by atoms with van der Waals surface area (Å²) in [6.07, 6.45) is 1.47. The number of para-hydroxylation sites is 1. The van der Waals surface area contributed by atoms with Crippen molar-refractivity contribution in [2.75, 3.05) is 0 Å². The number of amides is 1. The molecule has 0 spiro atoms. The van der Waals surface area contributed by atoms with Crippen LogP contribution in [0.4, 0.5) is 0 Å². The molecule has 0 aromatic heterocycles. The number of phenolic OH excluding ortho intramolecular Hbond substituents is 2. The van der Waals surface area contributed by atoms with Crippen molar-refractivity contribution >= 4 is 12.1 Å². The van der Waals surface area contributed by atoms with Gasteiger partial charge >= 0.3 is 0 Å². The lowest BCUT2D eigenvalue weighted by atomic mass is 10.2. The second kappa shape index (κ2) is 8.53. The number of phenols is 2. The lowest BCUT2D eigenvalue weighted by Gasteiger charge is -2.09. The summed E-state index contributed by atoms with van der Waals surface area (Å²) in [7, 11) is 0. The Morgan fingerprint density at radius 1 is 0.963 bits per heavy atom. The molecule has 0 aliphatic heterocycles. The Morgan fingerprint density at radius 2 is 1.63 bits per heavy atom. The van der Waals surface area contributed by atoms with Crippen LogP contribution in [0.5, 0.6) is 17.2 Å². The van der Waals surface area contributed by atoms with E-state index in [1.54, 1.807) is 0 Å². The monoisotopic (exact) mass is 362 g/mol. The summed E-state index contributed by atoms with van der Waals surface area (Å²) >= 11 is 0. The number of benzene rings is 3. The van der Waals surface area contributed by atoms with Crippen molar-refractivity contribution in [2.24, 2.45) is 5.10 Å². The first-order chi connectivity index (χ1) is 13.1. The van der Waals surface area contributed by atoms with Crippen LogP contribution in [0.1, 0.15) is 21.5 Å². The van der Waals surface area contributed by atoms with Gasteiger partial charge in [-0.3, -0.25) is 4.79 Å². The number of rotatable bonds is 6. The zero-order valence-electron chi connectivity index (χ0n) is 14.4. The van der Waals surface area contributed by atoms with Crippen LogP contribution >= 0.6 is 0 Å². The summed E-state index contributed by atoms with van der Waals surface area (Å²) in [5, 5.41) is 22.8. The van der Waals surface area contributed by atoms with E-state index in [0.717, 1.165) is 11.6 Å². The molecule has 0 heterocycles. The summed E-state index contributed by atoms with van der Waals surface area (Å²) in [6, 6.07) is 20.7. The molecule has 6 heteroatoms. The predicted octanol–water partition coefficient (Wildman–Crippen LogP) is 3.44. The minimum absolute atomic E-state index is 0.0956. The van der Waals surface area contributed by atoms with E-state index in [2.05, 4.69) is 10.5 Å². The first-order valence-electron chi connectivity index (χ1n) is 8.24. The van der Waals surface area contributed by atoms with Crippen molar-refractivity contribution in [3.8, 4) is 17.2 Å². The molecule has 0 saturated heterocycles. The van der Waals surface area contributed by atoms with E-state index < -0.39 is 5.91 Å². The number of carbonyl (C=O) groups excluding carboxylic acids is 1. The highest BCUT2D eigenvalue weighted by atomic mass is 16.5. The third-order valence-corrected chi connectivity index (χ3v) is 3.69. The lowest BCUT2D eigenvalue weighted by Crippen LogP contribution is -2.17. The Balaban J connectivity index is 1.65. The SMILES string of the molecule is O=C(N/N=C/c1ccccc1OCc1ccccc1)c1cc(O)cc(O)c1. The van der Waals surface area contributed by atoms with Gasteiger partial charge in [0, 0.05) is 17.2 Å². The molecular formula is C21H18N2O4. The van der Waals surface area contributed by atoms with Crippen LogP contribution < -0.4 is 10.2 Å². The predicted molar refractivity (Wildman–Crippen MR) is 102 cm³/mol. The van der Waals surface area contributed by atoms with Gasteiger partial charge in [0.05, 0.1) is 6.21 Å². The Kier molecular flexibility index (Phi) is 5.69. The molecule has 3 rings (SSSR count). The molecule has 0 radical (unpaired) electrons. The fraction of sp³-hybridized carbons (Fsp3) is 0.0476. The van der Waals surface area contributed by atoms with E-state index in [0.29, 0.717) is 17.9 Å². The van der Waals surface area contributed by atoms with Crippen molar-refractivity contribution in [2.45, 2.75) is 6.61 Å². The van der Waals surface area contributed by atoms with Gasteiger partial charge in [0.1, 0.15) is 23.9 Å². The number of hydrazone groups is 1. The van der Waals surface area contributed by atoms with Crippen molar-refractivity contribution in [1.82, 2.24) is 5.43 Å². The molecule has 0 unspecified atom stereocenters. The zero-order chi connectivity index (χ0) is 19.1. The zero-order valence-corrected chi connectivity index (χ0v) is 14.4. The molecule has 3 aromatic rings. The van der Waals surface area contributed by atoms with Crippen molar-refractivity contribution in [1.29, 1.82) is 0 Å². The fourth-order valence-corrected chi connectivity index (χ4v) is 2.41. The highest BCUT2D eigenvalue weighted by molar-refractivity contribution is 5.95. The highest BCUT2D eigenvalue weighted by Gasteiger charge is 2.08. The number of hydrogen-bond acceptors (Lipinski definition) is 5. The smallest absolute Gasteiger partial charge is 0.271 e. The summed E-state index contributed by atoms with van der Waals surface area (Å²) in [6.45, 7) is 0.417. The number of nitrogens with zero attached hydrogens (tertiary/aromatic N) is 1. The molecule has 0 aliphatic carbocycles. The molecule has 1 amide bonds. The quantitative estimate of drug-likeness (QED) is 0.463.